The summed E-state index contributed by atoms with van der Waals surface area (Å²) < 4.78 is 0. The highest BCUT2D eigenvalue weighted by molar-refractivity contribution is 5.76. The minimum absolute atomic E-state index is 0.183. The van der Waals surface area contributed by atoms with Gasteiger partial charge in [-0.2, -0.15) is 0 Å². The number of benzene rings is 1. The number of nitrogens with one attached hydrogen (secondary N) is 2. The molecule has 0 spiro atoms. The van der Waals surface area contributed by atoms with Crippen LogP contribution in [-0.2, 0) is 11.2 Å². The Balaban J connectivity index is 1.62. The average Bonchev–Trinajstić information content (AvgIpc) is 2.25. The summed E-state index contributed by atoms with van der Waals surface area (Å²) in [5.41, 5.74) is 1.31. The molecule has 1 amide bonds. The second-order valence-electron chi connectivity index (χ2n) is 4.26. The van der Waals surface area contributed by atoms with Gasteiger partial charge in [0.1, 0.15) is 0 Å². The zero-order valence-corrected chi connectivity index (χ0v) is 9.41. The van der Waals surface area contributed by atoms with Crippen LogP contribution in [0.1, 0.15) is 18.4 Å². The van der Waals surface area contributed by atoms with Crippen LogP contribution in [0.5, 0.6) is 0 Å². The molecule has 1 aliphatic rings. The van der Waals surface area contributed by atoms with E-state index >= 15 is 0 Å². The normalized spacial score (nSPS) is 15.5. The van der Waals surface area contributed by atoms with Crippen LogP contribution in [0.3, 0.4) is 0 Å². The minimum Gasteiger partial charge on any atom is -0.351 e. The van der Waals surface area contributed by atoms with Crippen molar-refractivity contribution >= 4 is 5.91 Å². The van der Waals surface area contributed by atoms with Crippen molar-refractivity contribution in [2.24, 2.45) is 0 Å². The predicted molar refractivity (Wildman–Crippen MR) is 64.2 cm³/mol. The van der Waals surface area contributed by atoms with Gasteiger partial charge in [-0.15, -0.1) is 0 Å². The maximum absolute atomic E-state index is 11.5. The quantitative estimate of drug-likeness (QED) is 0.777. The molecule has 2 N–H and O–H groups in total. The van der Waals surface area contributed by atoms with E-state index in [1.54, 1.807) is 0 Å². The molecule has 0 unspecified atom stereocenters. The molecule has 0 atom stereocenters. The molecule has 1 aromatic rings. The minimum atomic E-state index is 0.183. The molecule has 0 radical (unpaired) electrons. The lowest BCUT2D eigenvalue weighted by Crippen LogP contribution is -2.56. The Morgan fingerprint density at radius 3 is 2.69 bits per heavy atom. The van der Waals surface area contributed by atoms with E-state index in [0.717, 1.165) is 25.9 Å². The van der Waals surface area contributed by atoms with Crippen LogP contribution in [0.4, 0.5) is 0 Å². The lowest BCUT2D eigenvalue weighted by molar-refractivity contribution is -0.122. The van der Waals surface area contributed by atoms with Crippen molar-refractivity contribution in [1.82, 2.24) is 10.6 Å². The Morgan fingerprint density at radius 1 is 1.31 bits per heavy atom. The predicted octanol–water partition coefficient (Wildman–Crippen LogP) is 1.10. The van der Waals surface area contributed by atoms with Crippen LogP contribution in [0, 0.1) is 0 Å². The Labute approximate surface area is 96.2 Å². The van der Waals surface area contributed by atoms with Crippen molar-refractivity contribution < 1.29 is 4.79 Å². The molecular formula is C13H18N2O. The first kappa shape index (κ1) is 11.1. The van der Waals surface area contributed by atoms with Crippen molar-refractivity contribution in [3.63, 3.8) is 0 Å². The van der Waals surface area contributed by atoms with Gasteiger partial charge in [0.25, 0.3) is 0 Å². The zero-order valence-electron chi connectivity index (χ0n) is 9.41. The average molecular weight is 218 g/mol. The highest BCUT2D eigenvalue weighted by Gasteiger charge is 2.17. The summed E-state index contributed by atoms with van der Waals surface area (Å²) in [5, 5.41) is 6.13. The molecule has 3 nitrogen and oxygen atoms in total. The van der Waals surface area contributed by atoms with Crippen LogP contribution in [0.15, 0.2) is 30.3 Å². The van der Waals surface area contributed by atoms with Gasteiger partial charge in [0.2, 0.25) is 5.91 Å². The van der Waals surface area contributed by atoms with Gasteiger partial charge in [-0.05, 0) is 18.4 Å². The lowest BCUT2D eigenvalue weighted by Gasteiger charge is -2.27. The zero-order chi connectivity index (χ0) is 11.2. The third-order valence-corrected chi connectivity index (χ3v) is 2.86. The van der Waals surface area contributed by atoms with E-state index in [0.29, 0.717) is 12.5 Å². The summed E-state index contributed by atoms with van der Waals surface area (Å²) in [5.74, 6) is 0.183. The Bertz CT molecular complexity index is 333. The molecule has 0 saturated carbocycles. The number of carbonyl (C=O) groups excluding carboxylic acids is 1. The van der Waals surface area contributed by atoms with Crippen LogP contribution in [-0.4, -0.2) is 25.0 Å². The summed E-state index contributed by atoms with van der Waals surface area (Å²) in [6, 6.07) is 10.7. The summed E-state index contributed by atoms with van der Waals surface area (Å²) in [4.78, 5) is 11.5. The molecule has 3 heteroatoms. The van der Waals surface area contributed by atoms with Gasteiger partial charge >= 0.3 is 0 Å². The lowest BCUT2D eigenvalue weighted by atomic mass is 10.1. The van der Waals surface area contributed by atoms with Crippen molar-refractivity contribution in [3.8, 4) is 0 Å². The Morgan fingerprint density at radius 2 is 2.06 bits per heavy atom. The molecular weight excluding hydrogens is 200 g/mol. The van der Waals surface area contributed by atoms with Crippen LogP contribution >= 0.6 is 0 Å². The van der Waals surface area contributed by atoms with E-state index < -0.39 is 0 Å². The van der Waals surface area contributed by atoms with Crippen molar-refractivity contribution in [2.45, 2.75) is 25.3 Å². The summed E-state index contributed by atoms with van der Waals surface area (Å²) >= 11 is 0. The molecule has 0 aliphatic carbocycles. The second kappa shape index (κ2) is 5.66. The fourth-order valence-corrected chi connectivity index (χ4v) is 1.79. The van der Waals surface area contributed by atoms with Gasteiger partial charge in [-0.25, -0.2) is 0 Å². The van der Waals surface area contributed by atoms with E-state index in [-0.39, 0.29) is 5.91 Å². The maximum atomic E-state index is 11.5. The molecule has 86 valence electrons. The highest BCUT2D eigenvalue weighted by atomic mass is 16.1. The topological polar surface area (TPSA) is 41.1 Å². The Hall–Kier alpha value is -1.35. The van der Waals surface area contributed by atoms with Crippen molar-refractivity contribution in [2.75, 3.05) is 13.1 Å². The molecule has 1 saturated heterocycles. The summed E-state index contributed by atoms with van der Waals surface area (Å²) in [7, 11) is 0. The fraction of sp³-hybridized carbons (Fsp3) is 0.462. The molecule has 2 rings (SSSR count). The van der Waals surface area contributed by atoms with Crippen molar-refractivity contribution in [3.05, 3.63) is 35.9 Å². The first-order valence-corrected chi connectivity index (χ1v) is 5.88. The van der Waals surface area contributed by atoms with E-state index in [2.05, 4.69) is 22.8 Å². The first-order chi connectivity index (χ1) is 7.84. The van der Waals surface area contributed by atoms with E-state index in [1.807, 2.05) is 18.2 Å². The molecule has 0 bridgehead atoms. The van der Waals surface area contributed by atoms with Gasteiger partial charge in [0.05, 0.1) is 6.04 Å². The number of hydrogen-bond donors (Lipinski definition) is 2. The maximum Gasteiger partial charge on any atom is 0.220 e. The summed E-state index contributed by atoms with van der Waals surface area (Å²) in [6.45, 7) is 1.84. The monoisotopic (exact) mass is 218 g/mol. The standard InChI is InChI=1S/C13H18N2O/c16-13(15-12-9-14-10-12)8-4-7-11-5-2-1-3-6-11/h1-3,5-6,12,14H,4,7-10H2,(H,15,16). The third-order valence-electron chi connectivity index (χ3n) is 2.86. The van der Waals surface area contributed by atoms with E-state index in [9.17, 15) is 4.79 Å². The molecule has 16 heavy (non-hydrogen) atoms. The molecule has 0 aromatic heterocycles. The van der Waals surface area contributed by atoms with Gasteiger partial charge in [0, 0.05) is 19.5 Å². The van der Waals surface area contributed by atoms with Crippen LogP contribution < -0.4 is 10.6 Å². The highest BCUT2D eigenvalue weighted by Crippen LogP contribution is 2.04. The first-order valence-electron chi connectivity index (χ1n) is 5.88. The Kier molecular flexibility index (Phi) is 3.94. The molecule has 1 aliphatic heterocycles. The third kappa shape index (κ3) is 3.35. The molecule has 1 fully saturated rings. The van der Waals surface area contributed by atoms with Gasteiger partial charge in [0.15, 0.2) is 0 Å². The number of carbonyl (C=O) groups is 1. The van der Waals surface area contributed by atoms with Crippen LogP contribution in [0.2, 0.25) is 0 Å². The number of hydrogen-bond acceptors (Lipinski definition) is 2. The molecule has 1 aromatic carbocycles. The smallest absolute Gasteiger partial charge is 0.220 e. The number of amides is 1. The molecule has 1 heterocycles. The number of rotatable bonds is 5. The van der Waals surface area contributed by atoms with E-state index in [1.165, 1.54) is 5.56 Å². The number of aryl methyl sites for hydroxylation is 1. The largest absolute Gasteiger partial charge is 0.351 e. The summed E-state index contributed by atoms with van der Waals surface area (Å²) in [6.07, 6.45) is 2.54. The van der Waals surface area contributed by atoms with Gasteiger partial charge < -0.3 is 10.6 Å². The van der Waals surface area contributed by atoms with Gasteiger partial charge in [-0.3, -0.25) is 4.79 Å². The second-order valence-corrected chi connectivity index (χ2v) is 4.26. The van der Waals surface area contributed by atoms with Gasteiger partial charge in [-0.1, -0.05) is 30.3 Å². The van der Waals surface area contributed by atoms with Crippen LogP contribution in [0.25, 0.3) is 0 Å². The van der Waals surface area contributed by atoms with Crippen molar-refractivity contribution in [1.29, 1.82) is 0 Å². The van der Waals surface area contributed by atoms with E-state index in [4.69, 9.17) is 0 Å². The fourth-order valence-electron chi connectivity index (χ4n) is 1.79. The SMILES string of the molecule is O=C(CCCc1ccccc1)NC1CNC1.